The maximum Gasteiger partial charge on any atom is 0.146 e. The van der Waals surface area contributed by atoms with E-state index >= 15 is 0 Å². The molecule has 0 amide bonds. The van der Waals surface area contributed by atoms with Gasteiger partial charge in [0, 0.05) is 17.0 Å². The molecule has 0 fully saturated rings. The first-order valence-electron chi connectivity index (χ1n) is 9.67. The number of anilines is 2. The van der Waals surface area contributed by atoms with E-state index in [1.54, 1.807) is 12.1 Å². The Morgan fingerprint density at radius 2 is 1.61 bits per heavy atom. The van der Waals surface area contributed by atoms with Crippen molar-refractivity contribution in [2.45, 2.75) is 13.3 Å². The summed E-state index contributed by atoms with van der Waals surface area (Å²) in [5, 5.41) is 8.87. The molecule has 0 aliphatic heterocycles. The molecular weight excluding hydrogens is 433 g/mol. The molecule has 0 saturated heterocycles. The minimum atomic E-state index is -0.691. The summed E-state index contributed by atoms with van der Waals surface area (Å²) in [5.74, 6) is -1.22. The highest BCUT2D eigenvalue weighted by atomic mass is 19.1. The molecule has 2 aromatic heterocycles. The van der Waals surface area contributed by atoms with Gasteiger partial charge in [0.2, 0.25) is 0 Å². The molecule has 168 valence electrons. The van der Waals surface area contributed by atoms with Crippen LogP contribution in [0.4, 0.5) is 24.8 Å². The van der Waals surface area contributed by atoms with E-state index in [2.05, 4.69) is 15.0 Å². The van der Waals surface area contributed by atoms with Crippen LogP contribution in [0, 0.1) is 28.8 Å². The van der Waals surface area contributed by atoms with Crippen molar-refractivity contribution in [1.29, 1.82) is 5.26 Å². The molecule has 0 aliphatic rings. The molecule has 0 aliphatic carbocycles. The zero-order valence-electron chi connectivity index (χ0n) is 17.7. The molecule has 2 heterocycles. The lowest BCUT2D eigenvalue weighted by molar-refractivity contribution is 0.420. The van der Waals surface area contributed by atoms with Crippen LogP contribution in [0.1, 0.15) is 18.2 Å². The van der Waals surface area contributed by atoms with Gasteiger partial charge in [-0.1, -0.05) is 6.92 Å². The van der Waals surface area contributed by atoms with Gasteiger partial charge in [0.1, 0.15) is 52.8 Å². The quantitative estimate of drug-likeness (QED) is 0.472. The SMILES string of the molecule is CCc1nc2ccc(F)cc2c(OC)c1-c1cc(F)cc(F)c1.N#Cc1c(N)ncnc1N. The highest BCUT2D eigenvalue weighted by Crippen LogP contribution is 2.39. The van der Waals surface area contributed by atoms with Crippen LogP contribution in [0.5, 0.6) is 5.75 Å². The Kier molecular flexibility index (Phi) is 6.93. The third-order valence-electron chi connectivity index (χ3n) is 4.68. The molecule has 0 bridgehead atoms. The zero-order chi connectivity index (χ0) is 24.1. The summed E-state index contributed by atoms with van der Waals surface area (Å²) in [5.41, 5.74) is 12.7. The number of nitrogens with zero attached hydrogens (tertiary/aromatic N) is 4. The Labute approximate surface area is 187 Å². The molecule has 2 aromatic carbocycles. The molecule has 0 radical (unpaired) electrons. The molecular formula is C23H19F3N6O. The van der Waals surface area contributed by atoms with Gasteiger partial charge < -0.3 is 16.2 Å². The van der Waals surface area contributed by atoms with Crippen LogP contribution in [0.3, 0.4) is 0 Å². The first kappa shape index (κ1) is 23.3. The zero-order valence-corrected chi connectivity index (χ0v) is 17.7. The van der Waals surface area contributed by atoms with E-state index in [1.807, 2.05) is 6.92 Å². The summed E-state index contributed by atoms with van der Waals surface area (Å²) in [7, 11) is 1.44. The standard InChI is InChI=1S/C18H14F3NO.C5H5N5/c1-3-15-17(10-6-12(20)8-13(21)7-10)18(23-2)14-9-11(19)4-5-16(14)22-15;6-1-3-4(7)9-2-10-5(3)8/h4-9H,3H2,1-2H3;2H,(H4,7,8,9,10). The Balaban J connectivity index is 0.000000257. The number of rotatable bonds is 3. The predicted octanol–water partition coefficient (Wildman–Crippen LogP) is 4.40. The number of nitrogen functional groups attached to an aromatic ring is 2. The van der Waals surface area contributed by atoms with Gasteiger partial charge in [0.05, 0.1) is 18.3 Å². The van der Waals surface area contributed by atoms with Gasteiger partial charge in [-0.25, -0.2) is 23.1 Å². The third kappa shape index (κ3) is 4.93. The van der Waals surface area contributed by atoms with Crippen molar-refractivity contribution in [3.05, 3.63) is 71.4 Å². The number of hydrogen-bond donors (Lipinski definition) is 2. The van der Waals surface area contributed by atoms with Crippen molar-refractivity contribution in [1.82, 2.24) is 15.0 Å². The maximum atomic E-state index is 13.6. The second-order valence-corrected chi connectivity index (χ2v) is 6.77. The van der Waals surface area contributed by atoms with E-state index in [0.717, 1.165) is 6.07 Å². The van der Waals surface area contributed by atoms with Crippen molar-refractivity contribution in [2.24, 2.45) is 0 Å². The second kappa shape index (κ2) is 9.82. The first-order valence-corrected chi connectivity index (χ1v) is 9.67. The number of aryl methyl sites for hydroxylation is 1. The van der Waals surface area contributed by atoms with Crippen LogP contribution in [0.15, 0.2) is 42.7 Å². The van der Waals surface area contributed by atoms with Gasteiger partial charge in [0.15, 0.2) is 0 Å². The largest absolute Gasteiger partial charge is 0.495 e. The smallest absolute Gasteiger partial charge is 0.146 e. The number of nitrogens with two attached hydrogens (primary N) is 2. The molecule has 0 saturated carbocycles. The van der Waals surface area contributed by atoms with Crippen molar-refractivity contribution >= 4 is 22.5 Å². The number of aromatic nitrogens is 3. The van der Waals surface area contributed by atoms with Crippen LogP contribution in [-0.2, 0) is 6.42 Å². The number of halogens is 3. The van der Waals surface area contributed by atoms with E-state index in [1.165, 1.54) is 37.7 Å². The van der Waals surface area contributed by atoms with E-state index in [0.29, 0.717) is 39.9 Å². The Morgan fingerprint density at radius 3 is 2.12 bits per heavy atom. The lowest BCUT2D eigenvalue weighted by Gasteiger charge is -2.16. The fourth-order valence-corrected chi connectivity index (χ4v) is 3.25. The van der Waals surface area contributed by atoms with Crippen LogP contribution >= 0.6 is 0 Å². The highest BCUT2D eigenvalue weighted by Gasteiger charge is 2.18. The van der Waals surface area contributed by atoms with Crippen molar-refractivity contribution in [3.8, 4) is 22.9 Å². The summed E-state index contributed by atoms with van der Waals surface area (Å²) in [6.07, 6.45) is 1.75. The van der Waals surface area contributed by atoms with Crippen molar-refractivity contribution in [2.75, 3.05) is 18.6 Å². The van der Waals surface area contributed by atoms with Crippen LogP contribution in [0.2, 0.25) is 0 Å². The van der Waals surface area contributed by atoms with Gasteiger partial charge in [-0.15, -0.1) is 0 Å². The number of nitriles is 1. The number of benzene rings is 2. The number of pyridine rings is 1. The Morgan fingerprint density at radius 1 is 0.970 bits per heavy atom. The monoisotopic (exact) mass is 452 g/mol. The average Bonchev–Trinajstić information content (AvgIpc) is 2.77. The normalized spacial score (nSPS) is 10.3. The molecule has 7 nitrogen and oxygen atoms in total. The molecule has 0 atom stereocenters. The molecule has 4 N–H and O–H groups in total. The Hall–Kier alpha value is -4.39. The summed E-state index contributed by atoms with van der Waals surface area (Å²) in [4.78, 5) is 11.6. The summed E-state index contributed by atoms with van der Waals surface area (Å²) in [6.45, 7) is 1.89. The highest BCUT2D eigenvalue weighted by molar-refractivity contribution is 5.93. The van der Waals surface area contributed by atoms with E-state index in [-0.39, 0.29) is 17.2 Å². The predicted molar refractivity (Wildman–Crippen MR) is 119 cm³/mol. The van der Waals surface area contributed by atoms with Crippen molar-refractivity contribution < 1.29 is 17.9 Å². The lowest BCUT2D eigenvalue weighted by atomic mass is 9.98. The molecule has 33 heavy (non-hydrogen) atoms. The topological polar surface area (TPSA) is 124 Å². The Bertz CT molecular complexity index is 1330. The van der Waals surface area contributed by atoms with E-state index in [4.69, 9.17) is 21.5 Å². The molecule has 10 heteroatoms. The average molecular weight is 452 g/mol. The third-order valence-corrected chi connectivity index (χ3v) is 4.68. The summed E-state index contributed by atoms with van der Waals surface area (Å²) < 4.78 is 46.2. The van der Waals surface area contributed by atoms with Crippen LogP contribution < -0.4 is 16.2 Å². The minimum absolute atomic E-state index is 0.120. The van der Waals surface area contributed by atoms with Crippen molar-refractivity contribution in [3.63, 3.8) is 0 Å². The van der Waals surface area contributed by atoms with E-state index < -0.39 is 17.5 Å². The number of methoxy groups -OCH3 is 1. The summed E-state index contributed by atoms with van der Waals surface area (Å²) in [6, 6.07) is 9.20. The van der Waals surface area contributed by atoms with Crippen LogP contribution in [-0.4, -0.2) is 22.1 Å². The number of ether oxygens (including phenoxy) is 1. The maximum absolute atomic E-state index is 13.6. The second-order valence-electron chi connectivity index (χ2n) is 6.77. The van der Waals surface area contributed by atoms with Gasteiger partial charge in [-0.2, -0.15) is 5.26 Å². The van der Waals surface area contributed by atoms with E-state index in [9.17, 15) is 13.2 Å². The fourth-order valence-electron chi connectivity index (χ4n) is 3.25. The van der Waals surface area contributed by atoms with Gasteiger partial charge in [0.25, 0.3) is 0 Å². The van der Waals surface area contributed by atoms with Gasteiger partial charge in [-0.05, 0) is 42.3 Å². The lowest BCUT2D eigenvalue weighted by Crippen LogP contribution is -2.01. The van der Waals surface area contributed by atoms with Crippen LogP contribution in [0.25, 0.3) is 22.0 Å². The molecule has 0 unspecified atom stereocenters. The molecule has 0 spiro atoms. The minimum Gasteiger partial charge on any atom is -0.495 e. The number of fused-ring (bicyclic) bond motifs is 1. The number of hydrogen-bond acceptors (Lipinski definition) is 7. The first-order chi connectivity index (χ1) is 15.8. The van der Waals surface area contributed by atoms with Gasteiger partial charge in [-0.3, -0.25) is 4.98 Å². The fraction of sp³-hybridized carbons (Fsp3) is 0.130. The molecule has 4 aromatic rings. The molecule has 4 rings (SSSR count). The van der Waals surface area contributed by atoms with Gasteiger partial charge >= 0.3 is 0 Å². The summed E-state index contributed by atoms with van der Waals surface area (Å²) >= 11 is 0.